The Morgan fingerprint density at radius 1 is 0.971 bits per heavy atom. The van der Waals surface area contributed by atoms with E-state index in [1.807, 2.05) is 65.6 Å². The van der Waals surface area contributed by atoms with Gasteiger partial charge in [-0.25, -0.2) is 4.68 Å². The van der Waals surface area contributed by atoms with Crippen molar-refractivity contribution in [3.05, 3.63) is 71.5 Å². The molecule has 1 aliphatic rings. The molecule has 0 aliphatic carbocycles. The Bertz CT molecular complexity index is 1150. The Hall–Kier alpha value is -3.33. The molecule has 1 aliphatic heterocycles. The molecule has 34 heavy (non-hydrogen) atoms. The standard InChI is InChI=1S/C25H28F3N5O/c1-17-23(18(2)33(30-17)21-9-5-4-6-10-21)29-24(34)19(3)31-12-14-32(15-13-31)22-11-7-8-20(16-22)25(26,27)28/h4-11,16,19H,12-15H2,1-3H3,(H,29,34). The maximum absolute atomic E-state index is 13.0. The first-order valence-corrected chi connectivity index (χ1v) is 11.2. The van der Waals surface area contributed by atoms with E-state index in [4.69, 9.17) is 0 Å². The SMILES string of the molecule is Cc1nn(-c2ccccc2)c(C)c1NC(=O)C(C)N1CCN(c2cccc(C(F)(F)F)c2)CC1. The molecule has 0 spiro atoms. The molecule has 9 heteroatoms. The Kier molecular flexibility index (Phi) is 6.65. The predicted molar refractivity (Wildman–Crippen MR) is 126 cm³/mol. The van der Waals surface area contributed by atoms with Gasteiger partial charge in [0.25, 0.3) is 0 Å². The number of amides is 1. The maximum atomic E-state index is 13.0. The van der Waals surface area contributed by atoms with Crippen molar-refractivity contribution in [2.24, 2.45) is 0 Å². The molecule has 1 unspecified atom stereocenters. The number of nitrogens with one attached hydrogen (secondary N) is 1. The number of alkyl halides is 3. The lowest BCUT2D eigenvalue weighted by molar-refractivity contribution is -0.137. The average molecular weight is 472 g/mol. The van der Waals surface area contributed by atoms with E-state index in [-0.39, 0.29) is 11.9 Å². The number of nitrogens with zero attached hydrogens (tertiary/aromatic N) is 4. The summed E-state index contributed by atoms with van der Waals surface area (Å²) in [6, 6.07) is 14.7. The second kappa shape index (κ2) is 9.50. The summed E-state index contributed by atoms with van der Waals surface area (Å²) >= 11 is 0. The van der Waals surface area contributed by atoms with Gasteiger partial charge in [0.05, 0.1) is 34.4 Å². The number of halogens is 3. The highest BCUT2D eigenvalue weighted by atomic mass is 19.4. The first kappa shape index (κ1) is 23.8. The molecule has 180 valence electrons. The number of anilines is 2. The highest BCUT2D eigenvalue weighted by Crippen LogP contribution is 2.32. The molecule has 2 aromatic carbocycles. The summed E-state index contributed by atoms with van der Waals surface area (Å²) < 4.78 is 41.0. The van der Waals surface area contributed by atoms with E-state index in [9.17, 15) is 18.0 Å². The summed E-state index contributed by atoms with van der Waals surface area (Å²) in [5, 5.41) is 7.60. The summed E-state index contributed by atoms with van der Waals surface area (Å²) in [6.45, 7) is 7.87. The lowest BCUT2D eigenvalue weighted by Gasteiger charge is -2.38. The van der Waals surface area contributed by atoms with Crippen LogP contribution in [0.15, 0.2) is 54.6 Å². The van der Waals surface area contributed by atoms with Crippen LogP contribution < -0.4 is 10.2 Å². The van der Waals surface area contributed by atoms with Crippen LogP contribution in [-0.4, -0.2) is 52.8 Å². The van der Waals surface area contributed by atoms with Gasteiger partial charge < -0.3 is 10.2 Å². The number of aryl methyl sites for hydroxylation is 1. The predicted octanol–water partition coefficient (Wildman–Crippen LogP) is 4.66. The smallest absolute Gasteiger partial charge is 0.369 e. The van der Waals surface area contributed by atoms with E-state index in [1.165, 1.54) is 12.1 Å². The molecule has 1 atom stereocenters. The molecule has 1 N–H and O–H groups in total. The third-order valence-electron chi connectivity index (χ3n) is 6.32. The second-order valence-corrected chi connectivity index (χ2v) is 8.53. The fourth-order valence-electron chi connectivity index (χ4n) is 4.28. The lowest BCUT2D eigenvalue weighted by atomic mass is 10.1. The van der Waals surface area contributed by atoms with E-state index < -0.39 is 11.7 Å². The second-order valence-electron chi connectivity index (χ2n) is 8.53. The summed E-state index contributed by atoms with van der Waals surface area (Å²) in [6.07, 6.45) is -4.37. The van der Waals surface area contributed by atoms with Crippen LogP contribution in [0.4, 0.5) is 24.5 Å². The number of carbonyl (C=O) groups is 1. The van der Waals surface area contributed by atoms with Gasteiger partial charge in [-0.15, -0.1) is 0 Å². The van der Waals surface area contributed by atoms with Crippen LogP contribution in [0.25, 0.3) is 5.69 Å². The summed E-state index contributed by atoms with van der Waals surface area (Å²) in [4.78, 5) is 17.0. The van der Waals surface area contributed by atoms with Crippen LogP contribution in [0.1, 0.15) is 23.9 Å². The molecule has 1 amide bonds. The third-order valence-corrected chi connectivity index (χ3v) is 6.32. The van der Waals surface area contributed by atoms with Crippen molar-refractivity contribution in [3.63, 3.8) is 0 Å². The van der Waals surface area contributed by atoms with Crippen molar-refractivity contribution in [3.8, 4) is 5.69 Å². The van der Waals surface area contributed by atoms with Crippen molar-refractivity contribution in [2.45, 2.75) is 33.0 Å². The normalized spacial score (nSPS) is 15.9. The molecule has 0 saturated carbocycles. The van der Waals surface area contributed by atoms with Gasteiger partial charge in [0.1, 0.15) is 0 Å². The average Bonchev–Trinajstić information content (AvgIpc) is 3.12. The van der Waals surface area contributed by atoms with Crippen LogP contribution in [0.2, 0.25) is 0 Å². The minimum absolute atomic E-state index is 0.133. The van der Waals surface area contributed by atoms with Crippen LogP contribution in [0.5, 0.6) is 0 Å². The molecular formula is C25H28F3N5O. The summed E-state index contributed by atoms with van der Waals surface area (Å²) in [7, 11) is 0. The van der Waals surface area contributed by atoms with Gasteiger partial charge in [0.2, 0.25) is 5.91 Å². The molecule has 2 heterocycles. The Balaban J connectivity index is 1.39. The monoisotopic (exact) mass is 471 g/mol. The number of benzene rings is 2. The Morgan fingerprint density at radius 2 is 1.62 bits per heavy atom. The minimum Gasteiger partial charge on any atom is -0.369 e. The Labute approximate surface area is 197 Å². The Morgan fingerprint density at radius 3 is 2.26 bits per heavy atom. The largest absolute Gasteiger partial charge is 0.416 e. The molecular weight excluding hydrogens is 443 g/mol. The molecule has 3 aromatic rings. The highest BCUT2D eigenvalue weighted by Gasteiger charge is 2.32. The van der Waals surface area contributed by atoms with Gasteiger partial charge in [-0.05, 0) is 51.1 Å². The van der Waals surface area contributed by atoms with Gasteiger partial charge in [-0.1, -0.05) is 24.3 Å². The number of hydrogen-bond acceptors (Lipinski definition) is 4. The van der Waals surface area contributed by atoms with E-state index in [2.05, 4.69) is 10.4 Å². The summed E-state index contributed by atoms with van der Waals surface area (Å²) in [5.41, 5.74) is 3.09. The number of rotatable bonds is 5. The lowest BCUT2D eigenvalue weighted by Crippen LogP contribution is -2.52. The van der Waals surface area contributed by atoms with Crippen molar-refractivity contribution in [1.82, 2.24) is 14.7 Å². The highest BCUT2D eigenvalue weighted by molar-refractivity contribution is 5.95. The van der Waals surface area contributed by atoms with E-state index in [0.717, 1.165) is 23.1 Å². The van der Waals surface area contributed by atoms with Crippen molar-refractivity contribution in [2.75, 3.05) is 36.4 Å². The van der Waals surface area contributed by atoms with Gasteiger partial charge >= 0.3 is 6.18 Å². The molecule has 0 bridgehead atoms. The van der Waals surface area contributed by atoms with Crippen LogP contribution >= 0.6 is 0 Å². The zero-order valence-electron chi connectivity index (χ0n) is 19.4. The topological polar surface area (TPSA) is 53.4 Å². The van der Waals surface area contributed by atoms with Crippen LogP contribution in [0, 0.1) is 13.8 Å². The maximum Gasteiger partial charge on any atom is 0.416 e. The van der Waals surface area contributed by atoms with Gasteiger partial charge in [0, 0.05) is 31.9 Å². The zero-order valence-corrected chi connectivity index (χ0v) is 19.4. The molecule has 0 radical (unpaired) electrons. The molecule has 1 fully saturated rings. The van der Waals surface area contributed by atoms with Gasteiger partial charge in [-0.2, -0.15) is 18.3 Å². The van der Waals surface area contributed by atoms with Crippen molar-refractivity contribution in [1.29, 1.82) is 0 Å². The molecule has 1 saturated heterocycles. The van der Waals surface area contributed by atoms with Crippen LogP contribution in [0.3, 0.4) is 0 Å². The number of carbonyl (C=O) groups excluding carboxylic acids is 1. The molecule has 1 aromatic heterocycles. The quantitative estimate of drug-likeness (QED) is 0.588. The van der Waals surface area contributed by atoms with E-state index in [0.29, 0.717) is 37.6 Å². The van der Waals surface area contributed by atoms with Gasteiger partial charge in [-0.3, -0.25) is 9.69 Å². The molecule has 4 rings (SSSR count). The first-order valence-electron chi connectivity index (χ1n) is 11.2. The van der Waals surface area contributed by atoms with Crippen LogP contribution in [-0.2, 0) is 11.0 Å². The minimum atomic E-state index is -4.37. The van der Waals surface area contributed by atoms with Gasteiger partial charge in [0.15, 0.2) is 0 Å². The van der Waals surface area contributed by atoms with Crippen molar-refractivity contribution >= 4 is 17.3 Å². The first-order chi connectivity index (χ1) is 16.1. The fraction of sp³-hybridized carbons (Fsp3) is 0.360. The number of hydrogen-bond donors (Lipinski definition) is 1. The van der Waals surface area contributed by atoms with E-state index >= 15 is 0 Å². The number of aromatic nitrogens is 2. The number of para-hydroxylation sites is 1. The zero-order chi connectivity index (χ0) is 24.5. The third kappa shape index (κ3) is 4.94. The van der Waals surface area contributed by atoms with E-state index in [1.54, 1.807) is 6.07 Å². The molecule has 6 nitrogen and oxygen atoms in total. The van der Waals surface area contributed by atoms with Crippen molar-refractivity contribution < 1.29 is 18.0 Å². The summed E-state index contributed by atoms with van der Waals surface area (Å²) in [5.74, 6) is -0.133. The fourth-order valence-corrected chi connectivity index (χ4v) is 4.28. The number of piperazine rings is 1.